The highest BCUT2D eigenvalue weighted by molar-refractivity contribution is 5.90. The van der Waals surface area contributed by atoms with E-state index in [-0.39, 0.29) is 5.91 Å². The number of hydrogen-bond acceptors (Lipinski definition) is 2. The third-order valence-corrected chi connectivity index (χ3v) is 1.94. The molecule has 0 atom stereocenters. The summed E-state index contributed by atoms with van der Waals surface area (Å²) in [6, 6.07) is 0. The topological polar surface area (TPSA) is 32.3 Å². The van der Waals surface area contributed by atoms with E-state index in [1.54, 1.807) is 17.2 Å². The number of amides is 1. The average molecular weight is 150 g/mol. The summed E-state index contributed by atoms with van der Waals surface area (Å²) >= 11 is 0. The van der Waals surface area contributed by atoms with Gasteiger partial charge in [0.05, 0.1) is 0 Å². The van der Waals surface area contributed by atoms with Crippen LogP contribution in [0.4, 0.5) is 0 Å². The number of rotatable bonds is 0. The molecule has 1 N–H and O–H groups in total. The van der Waals surface area contributed by atoms with Gasteiger partial charge in [-0.15, -0.1) is 0 Å². The van der Waals surface area contributed by atoms with Crippen molar-refractivity contribution in [2.45, 2.75) is 12.8 Å². The lowest BCUT2D eigenvalue weighted by molar-refractivity contribution is -0.125. The van der Waals surface area contributed by atoms with Gasteiger partial charge in [0.1, 0.15) is 5.82 Å². The van der Waals surface area contributed by atoms with Crippen molar-refractivity contribution in [3.8, 4) is 0 Å². The van der Waals surface area contributed by atoms with Gasteiger partial charge in [0.2, 0.25) is 0 Å². The monoisotopic (exact) mass is 150 g/mol. The molecule has 1 amide bonds. The van der Waals surface area contributed by atoms with Gasteiger partial charge in [-0.2, -0.15) is 0 Å². The number of fused-ring (bicyclic) bond motifs is 1. The molecule has 3 nitrogen and oxygen atoms in total. The summed E-state index contributed by atoms with van der Waals surface area (Å²) in [5.41, 5.74) is 0. The van der Waals surface area contributed by atoms with Gasteiger partial charge in [0.25, 0.3) is 5.91 Å². The van der Waals surface area contributed by atoms with Crippen LogP contribution in [-0.4, -0.2) is 17.4 Å². The van der Waals surface area contributed by atoms with E-state index >= 15 is 0 Å². The Kier molecular flexibility index (Phi) is 1.42. The van der Waals surface area contributed by atoms with Crippen LogP contribution < -0.4 is 5.32 Å². The van der Waals surface area contributed by atoms with Crippen molar-refractivity contribution < 1.29 is 4.79 Å². The van der Waals surface area contributed by atoms with E-state index in [4.69, 9.17) is 0 Å². The van der Waals surface area contributed by atoms with Gasteiger partial charge < -0.3 is 5.32 Å². The van der Waals surface area contributed by atoms with Gasteiger partial charge in [0, 0.05) is 18.8 Å². The lowest BCUT2D eigenvalue weighted by Crippen LogP contribution is -2.39. The maximum Gasteiger partial charge on any atom is 0.253 e. The zero-order chi connectivity index (χ0) is 7.68. The van der Waals surface area contributed by atoms with E-state index in [1.165, 1.54) is 0 Å². The molecule has 0 fully saturated rings. The summed E-state index contributed by atoms with van der Waals surface area (Å²) < 4.78 is 0. The van der Waals surface area contributed by atoms with E-state index in [9.17, 15) is 4.79 Å². The summed E-state index contributed by atoms with van der Waals surface area (Å²) in [6.07, 6.45) is 7.45. The second kappa shape index (κ2) is 2.42. The zero-order valence-corrected chi connectivity index (χ0v) is 6.21. The number of allylic oxidation sites excluding steroid dienone is 1. The minimum atomic E-state index is 0.0923. The molecule has 0 unspecified atom stereocenters. The van der Waals surface area contributed by atoms with Crippen LogP contribution in [0.5, 0.6) is 0 Å². The Bertz CT molecular complexity index is 242. The summed E-state index contributed by atoms with van der Waals surface area (Å²) in [5, 5.41) is 3.04. The highest BCUT2D eigenvalue weighted by Crippen LogP contribution is 2.15. The molecule has 0 saturated carbocycles. The van der Waals surface area contributed by atoms with Gasteiger partial charge in [-0.05, 0) is 18.9 Å². The van der Waals surface area contributed by atoms with Crippen molar-refractivity contribution >= 4 is 5.91 Å². The summed E-state index contributed by atoms with van der Waals surface area (Å²) in [7, 11) is 0. The molecular formula is C8H10N2O. The average Bonchev–Trinajstić information content (AvgIpc) is 2.06. The Balaban J connectivity index is 2.29. The van der Waals surface area contributed by atoms with Crippen molar-refractivity contribution in [1.82, 2.24) is 10.2 Å². The van der Waals surface area contributed by atoms with E-state index in [0.717, 1.165) is 25.2 Å². The third kappa shape index (κ3) is 1.02. The number of hydrogen-bond donors (Lipinski definition) is 1. The molecule has 0 aromatic carbocycles. The number of nitrogens with one attached hydrogen (secondary N) is 1. The van der Waals surface area contributed by atoms with Crippen molar-refractivity contribution in [3.05, 3.63) is 24.2 Å². The minimum absolute atomic E-state index is 0.0923. The molecule has 3 heteroatoms. The molecule has 0 aromatic rings. The molecule has 0 aliphatic carbocycles. The van der Waals surface area contributed by atoms with E-state index in [1.807, 2.05) is 0 Å². The molecule has 0 bridgehead atoms. The third-order valence-electron chi connectivity index (χ3n) is 1.94. The van der Waals surface area contributed by atoms with Crippen LogP contribution in [0.1, 0.15) is 12.8 Å². The predicted molar refractivity (Wildman–Crippen MR) is 41.3 cm³/mol. The molecule has 2 rings (SSSR count). The van der Waals surface area contributed by atoms with Crippen molar-refractivity contribution in [1.29, 1.82) is 0 Å². The Hall–Kier alpha value is -1.25. The Morgan fingerprint density at radius 2 is 2.45 bits per heavy atom. The van der Waals surface area contributed by atoms with E-state index in [0.29, 0.717) is 0 Å². The maximum atomic E-state index is 11.2. The summed E-state index contributed by atoms with van der Waals surface area (Å²) in [4.78, 5) is 13.0. The Labute approximate surface area is 65.4 Å². The quantitative estimate of drug-likeness (QED) is 0.547. The molecule has 2 heterocycles. The van der Waals surface area contributed by atoms with Gasteiger partial charge in [0.15, 0.2) is 0 Å². The first-order valence-corrected chi connectivity index (χ1v) is 3.83. The van der Waals surface area contributed by atoms with Gasteiger partial charge in [-0.25, -0.2) is 0 Å². The van der Waals surface area contributed by atoms with E-state index in [2.05, 4.69) is 11.4 Å². The highest BCUT2D eigenvalue weighted by Gasteiger charge is 2.20. The van der Waals surface area contributed by atoms with Crippen LogP contribution in [-0.2, 0) is 4.79 Å². The van der Waals surface area contributed by atoms with Crippen LogP contribution in [0.2, 0.25) is 0 Å². The zero-order valence-electron chi connectivity index (χ0n) is 6.21. The molecule has 0 saturated heterocycles. The second-order valence-corrected chi connectivity index (χ2v) is 2.70. The number of carbonyl (C=O) groups excluding carboxylic acids is 1. The standard InChI is InChI=1S/C8H10N2O/c11-8-4-5-9-7-3-1-2-6-10(7)8/h3-5,9H,1-2,6H2. The maximum absolute atomic E-state index is 11.2. The molecule has 0 spiro atoms. The number of nitrogens with zero attached hydrogens (tertiary/aromatic N) is 1. The fraction of sp³-hybridized carbons (Fsp3) is 0.375. The minimum Gasteiger partial charge on any atom is -0.348 e. The SMILES string of the molecule is O=C1C=CNC2=CCCCN12. The van der Waals surface area contributed by atoms with Crippen LogP contribution in [0.3, 0.4) is 0 Å². The van der Waals surface area contributed by atoms with Crippen LogP contribution in [0.25, 0.3) is 0 Å². The summed E-state index contributed by atoms with van der Waals surface area (Å²) in [5.74, 6) is 1.04. The smallest absolute Gasteiger partial charge is 0.253 e. The highest BCUT2D eigenvalue weighted by atomic mass is 16.2. The molecule has 0 aromatic heterocycles. The van der Waals surface area contributed by atoms with Gasteiger partial charge in [-0.1, -0.05) is 0 Å². The lowest BCUT2D eigenvalue weighted by Gasteiger charge is -2.29. The Morgan fingerprint density at radius 3 is 3.27 bits per heavy atom. The lowest BCUT2D eigenvalue weighted by atomic mass is 10.2. The first kappa shape index (κ1) is 6.46. The first-order valence-electron chi connectivity index (χ1n) is 3.83. The molecule has 2 aliphatic heterocycles. The van der Waals surface area contributed by atoms with Crippen LogP contribution in [0, 0.1) is 0 Å². The van der Waals surface area contributed by atoms with Crippen molar-refractivity contribution in [2.24, 2.45) is 0 Å². The summed E-state index contributed by atoms with van der Waals surface area (Å²) in [6.45, 7) is 0.849. The second-order valence-electron chi connectivity index (χ2n) is 2.70. The molecule has 11 heavy (non-hydrogen) atoms. The first-order chi connectivity index (χ1) is 5.38. The Morgan fingerprint density at radius 1 is 1.55 bits per heavy atom. The van der Waals surface area contributed by atoms with Gasteiger partial charge >= 0.3 is 0 Å². The van der Waals surface area contributed by atoms with Crippen molar-refractivity contribution in [2.75, 3.05) is 6.54 Å². The van der Waals surface area contributed by atoms with Crippen LogP contribution >= 0.6 is 0 Å². The van der Waals surface area contributed by atoms with E-state index < -0.39 is 0 Å². The largest absolute Gasteiger partial charge is 0.348 e. The van der Waals surface area contributed by atoms with Crippen LogP contribution in [0.15, 0.2) is 24.2 Å². The molecule has 0 radical (unpaired) electrons. The fourth-order valence-electron chi connectivity index (χ4n) is 1.37. The predicted octanol–water partition coefficient (Wildman–Crippen LogP) is 0.567. The fourth-order valence-corrected chi connectivity index (χ4v) is 1.37. The molecular weight excluding hydrogens is 140 g/mol. The molecule has 58 valence electrons. The molecule has 2 aliphatic rings. The van der Waals surface area contributed by atoms with Crippen molar-refractivity contribution in [3.63, 3.8) is 0 Å². The number of carbonyl (C=O) groups is 1. The van der Waals surface area contributed by atoms with Gasteiger partial charge in [-0.3, -0.25) is 9.69 Å². The normalized spacial score (nSPS) is 22.4.